The van der Waals surface area contributed by atoms with Crippen molar-refractivity contribution in [3.05, 3.63) is 58.6 Å². The molecule has 2 aromatic carbocycles. The molecule has 0 bridgehead atoms. The van der Waals surface area contributed by atoms with Gasteiger partial charge in [-0.15, -0.1) is 0 Å². The lowest BCUT2D eigenvalue weighted by molar-refractivity contribution is -0.113. The molecule has 1 N–H and O–H groups in total. The first kappa shape index (κ1) is 21.2. The Labute approximate surface area is 185 Å². The maximum Gasteiger partial charge on any atom is 0.234 e. The number of rotatable bonds is 4. The van der Waals surface area contributed by atoms with Gasteiger partial charge in [-0.1, -0.05) is 47.6 Å². The molecule has 30 heavy (non-hydrogen) atoms. The normalized spacial score (nSPS) is 22.0. The number of anilines is 2. The van der Waals surface area contributed by atoms with Gasteiger partial charge in [-0.05, 0) is 43.2 Å². The zero-order valence-electron chi connectivity index (χ0n) is 16.6. The molecule has 0 aliphatic carbocycles. The van der Waals surface area contributed by atoms with E-state index in [0.29, 0.717) is 10.2 Å². The van der Waals surface area contributed by atoms with Crippen LogP contribution in [0, 0.1) is 13.8 Å². The predicted molar refractivity (Wildman–Crippen MR) is 125 cm³/mol. The Morgan fingerprint density at radius 1 is 1.20 bits per heavy atom. The monoisotopic (exact) mass is 463 g/mol. The van der Waals surface area contributed by atoms with Crippen LogP contribution in [0.2, 0.25) is 5.02 Å². The SMILES string of the molecule is Cc1cccc(C)c1NC(=O)CSC1=N[C@H]2CS(=O)(=O)C[C@@H]2N1c1cccc(Cl)c1. The number of sulfone groups is 1. The van der Waals surface area contributed by atoms with E-state index in [1.807, 2.05) is 49.1 Å². The van der Waals surface area contributed by atoms with Gasteiger partial charge in [-0.25, -0.2) is 8.42 Å². The zero-order valence-corrected chi connectivity index (χ0v) is 19.0. The number of fused-ring (bicyclic) bond motifs is 1. The van der Waals surface area contributed by atoms with E-state index >= 15 is 0 Å². The van der Waals surface area contributed by atoms with Gasteiger partial charge in [-0.3, -0.25) is 9.79 Å². The van der Waals surface area contributed by atoms with Crippen molar-refractivity contribution in [2.24, 2.45) is 4.99 Å². The number of carbonyl (C=O) groups is 1. The van der Waals surface area contributed by atoms with Gasteiger partial charge in [0.2, 0.25) is 5.91 Å². The summed E-state index contributed by atoms with van der Waals surface area (Å²) in [6, 6.07) is 12.6. The number of nitrogens with zero attached hydrogens (tertiary/aromatic N) is 2. The van der Waals surface area contributed by atoms with Crippen molar-refractivity contribution in [2.75, 3.05) is 27.5 Å². The van der Waals surface area contributed by atoms with Crippen LogP contribution >= 0.6 is 23.4 Å². The summed E-state index contributed by atoms with van der Waals surface area (Å²) in [4.78, 5) is 19.2. The maximum absolute atomic E-state index is 12.6. The fraction of sp³-hybridized carbons (Fsp3) is 0.333. The predicted octanol–water partition coefficient (Wildman–Crippen LogP) is 3.67. The van der Waals surface area contributed by atoms with Crippen molar-refractivity contribution in [1.82, 2.24) is 0 Å². The van der Waals surface area contributed by atoms with Gasteiger partial charge in [0.15, 0.2) is 15.0 Å². The van der Waals surface area contributed by atoms with Crippen LogP contribution in [-0.4, -0.2) is 48.8 Å². The number of nitrogens with one attached hydrogen (secondary N) is 1. The number of para-hydroxylation sites is 1. The molecule has 1 amide bonds. The second kappa shape index (κ2) is 8.24. The Balaban J connectivity index is 1.52. The van der Waals surface area contributed by atoms with Crippen molar-refractivity contribution in [3.8, 4) is 0 Å². The van der Waals surface area contributed by atoms with E-state index < -0.39 is 9.84 Å². The third-order valence-corrected chi connectivity index (χ3v) is 8.17. The van der Waals surface area contributed by atoms with Gasteiger partial charge in [0, 0.05) is 16.4 Å². The zero-order chi connectivity index (χ0) is 21.5. The molecule has 1 fully saturated rings. The summed E-state index contributed by atoms with van der Waals surface area (Å²) in [6.45, 7) is 3.92. The molecule has 158 valence electrons. The summed E-state index contributed by atoms with van der Waals surface area (Å²) in [7, 11) is -3.13. The number of halogens is 1. The summed E-state index contributed by atoms with van der Waals surface area (Å²) < 4.78 is 24.3. The van der Waals surface area contributed by atoms with Gasteiger partial charge >= 0.3 is 0 Å². The Kier molecular flexibility index (Phi) is 5.83. The molecule has 9 heteroatoms. The largest absolute Gasteiger partial charge is 0.325 e. The summed E-state index contributed by atoms with van der Waals surface area (Å²) in [5.74, 6) is 0.131. The second-order valence-corrected chi connectivity index (χ2v) is 11.1. The summed E-state index contributed by atoms with van der Waals surface area (Å²) in [5, 5.41) is 4.19. The van der Waals surface area contributed by atoms with Crippen LogP contribution in [0.4, 0.5) is 11.4 Å². The molecule has 2 aliphatic heterocycles. The number of aliphatic imine (C=N–C) groups is 1. The maximum atomic E-state index is 12.6. The quantitative estimate of drug-likeness (QED) is 0.748. The summed E-state index contributed by atoms with van der Waals surface area (Å²) in [5.41, 5.74) is 3.62. The number of benzene rings is 2. The van der Waals surface area contributed by atoms with E-state index in [1.165, 1.54) is 11.8 Å². The van der Waals surface area contributed by atoms with Gasteiger partial charge in [0.1, 0.15) is 0 Å². The van der Waals surface area contributed by atoms with E-state index in [2.05, 4.69) is 10.3 Å². The molecule has 2 aliphatic rings. The van der Waals surface area contributed by atoms with E-state index in [-0.39, 0.29) is 35.2 Å². The highest BCUT2D eigenvalue weighted by Crippen LogP contribution is 2.36. The minimum Gasteiger partial charge on any atom is -0.325 e. The average Bonchev–Trinajstić information content (AvgIpc) is 3.14. The van der Waals surface area contributed by atoms with Gasteiger partial charge < -0.3 is 10.2 Å². The first-order valence-corrected chi connectivity index (χ1v) is 12.7. The van der Waals surface area contributed by atoms with Gasteiger partial charge in [-0.2, -0.15) is 0 Å². The molecule has 2 aromatic rings. The Bertz CT molecular complexity index is 1110. The Morgan fingerprint density at radius 3 is 2.60 bits per heavy atom. The second-order valence-electron chi connectivity index (χ2n) is 7.58. The average molecular weight is 464 g/mol. The van der Waals surface area contributed by atoms with Crippen LogP contribution in [0.5, 0.6) is 0 Å². The van der Waals surface area contributed by atoms with Crippen molar-refractivity contribution in [1.29, 1.82) is 0 Å². The number of carbonyl (C=O) groups excluding carboxylic acids is 1. The van der Waals surface area contributed by atoms with Crippen LogP contribution in [0.3, 0.4) is 0 Å². The van der Waals surface area contributed by atoms with Crippen molar-refractivity contribution in [3.63, 3.8) is 0 Å². The summed E-state index contributed by atoms with van der Waals surface area (Å²) >= 11 is 7.48. The van der Waals surface area contributed by atoms with Gasteiger partial charge in [0.05, 0.1) is 29.3 Å². The van der Waals surface area contributed by atoms with Gasteiger partial charge in [0.25, 0.3) is 0 Å². The molecular formula is C21H22ClN3O3S2. The molecule has 0 radical (unpaired) electrons. The molecule has 0 unspecified atom stereocenters. The highest BCUT2D eigenvalue weighted by Gasteiger charge is 2.47. The first-order valence-electron chi connectivity index (χ1n) is 9.55. The lowest BCUT2D eigenvalue weighted by Gasteiger charge is -2.26. The van der Waals surface area contributed by atoms with Crippen LogP contribution < -0.4 is 10.2 Å². The van der Waals surface area contributed by atoms with Crippen LogP contribution in [-0.2, 0) is 14.6 Å². The number of amidine groups is 1. The van der Waals surface area contributed by atoms with E-state index in [1.54, 1.807) is 12.1 Å². The molecule has 0 saturated carbocycles. The fourth-order valence-electron chi connectivity index (χ4n) is 3.88. The lowest BCUT2D eigenvalue weighted by Crippen LogP contribution is -2.39. The molecule has 2 heterocycles. The molecule has 0 aromatic heterocycles. The van der Waals surface area contributed by atoms with E-state index in [9.17, 15) is 13.2 Å². The van der Waals surface area contributed by atoms with E-state index in [4.69, 9.17) is 11.6 Å². The molecule has 6 nitrogen and oxygen atoms in total. The van der Waals surface area contributed by atoms with Crippen LogP contribution in [0.1, 0.15) is 11.1 Å². The lowest BCUT2D eigenvalue weighted by atomic mass is 10.1. The Morgan fingerprint density at radius 2 is 1.90 bits per heavy atom. The third-order valence-electron chi connectivity index (χ3n) is 5.27. The van der Waals surface area contributed by atoms with Crippen molar-refractivity contribution in [2.45, 2.75) is 25.9 Å². The molecular weight excluding hydrogens is 442 g/mol. The minimum absolute atomic E-state index is 0.0351. The summed E-state index contributed by atoms with van der Waals surface area (Å²) in [6.07, 6.45) is 0. The number of amides is 1. The molecule has 1 saturated heterocycles. The smallest absolute Gasteiger partial charge is 0.234 e. The van der Waals surface area contributed by atoms with Crippen molar-refractivity contribution >= 4 is 55.6 Å². The van der Waals surface area contributed by atoms with Crippen LogP contribution in [0.15, 0.2) is 47.5 Å². The first-order chi connectivity index (χ1) is 14.2. The number of aryl methyl sites for hydroxylation is 2. The molecule has 0 spiro atoms. The standard InChI is InChI=1S/C21H22ClN3O3S2/c1-13-5-3-6-14(2)20(13)24-19(26)10-29-21-23-17-11-30(27,28)12-18(17)25(21)16-8-4-7-15(22)9-16/h3-9,17-18H,10-12H2,1-2H3,(H,24,26)/t17-,18-/m0/s1. The topological polar surface area (TPSA) is 78.8 Å². The number of hydrogen-bond donors (Lipinski definition) is 1. The minimum atomic E-state index is -3.13. The van der Waals surface area contributed by atoms with E-state index in [0.717, 1.165) is 22.5 Å². The molecule has 4 rings (SSSR count). The Hall–Kier alpha value is -2.03. The van der Waals surface area contributed by atoms with Crippen molar-refractivity contribution < 1.29 is 13.2 Å². The third kappa shape index (κ3) is 4.36. The highest BCUT2D eigenvalue weighted by molar-refractivity contribution is 8.14. The number of hydrogen-bond acceptors (Lipinski definition) is 6. The molecule has 2 atom stereocenters. The highest BCUT2D eigenvalue weighted by atomic mass is 35.5. The number of thioether (sulfide) groups is 1. The van der Waals surface area contributed by atoms with Crippen LogP contribution in [0.25, 0.3) is 0 Å². The fourth-order valence-corrected chi connectivity index (χ4v) is 6.83.